The van der Waals surface area contributed by atoms with Gasteiger partial charge in [-0.3, -0.25) is 0 Å². The molecule has 134 valence electrons. The van der Waals surface area contributed by atoms with Crippen molar-refractivity contribution in [2.45, 2.75) is 39.4 Å². The van der Waals surface area contributed by atoms with Gasteiger partial charge in [0.25, 0.3) is 0 Å². The SMILES string of the molecule is CCCCOCC(C)OC(=O)c1ccc(OCc2ccccc2)cc1. The van der Waals surface area contributed by atoms with Gasteiger partial charge in [-0.1, -0.05) is 43.7 Å². The van der Waals surface area contributed by atoms with Gasteiger partial charge in [0.1, 0.15) is 18.5 Å². The summed E-state index contributed by atoms with van der Waals surface area (Å²) in [4.78, 5) is 12.1. The lowest BCUT2D eigenvalue weighted by molar-refractivity contribution is 0.00169. The lowest BCUT2D eigenvalue weighted by atomic mass is 10.2. The van der Waals surface area contributed by atoms with Crippen molar-refractivity contribution < 1.29 is 19.0 Å². The molecule has 0 N–H and O–H groups in total. The van der Waals surface area contributed by atoms with Crippen LogP contribution in [0.25, 0.3) is 0 Å². The van der Waals surface area contributed by atoms with Gasteiger partial charge in [-0.2, -0.15) is 0 Å². The molecule has 4 heteroatoms. The van der Waals surface area contributed by atoms with E-state index >= 15 is 0 Å². The van der Waals surface area contributed by atoms with Crippen molar-refractivity contribution in [1.82, 2.24) is 0 Å². The van der Waals surface area contributed by atoms with E-state index in [1.807, 2.05) is 37.3 Å². The van der Waals surface area contributed by atoms with Gasteiger partial charge in [0.2, 0.25) is 0 Å². The molecular weight excluding hydrogens is 316 g/mol. The molecule has 0 spiro atoms. The highest BCUT2D eigenvalue weighted by molar-refractivity contribution is 5.89. The Balaban J connectivity index is 1.77. The first kappa shape index (κ1) is 19.0. The Bertz CT molecular complexity index is 622. The molecule has 1 atom stereocenters. The third-order valence-corrected chi connectivity index (χ3v) is 3.64. The van der Waals surface area contributed by atoms with Gasteiger partial charge in [-0.15, -0.1) is 0 Å². The number of rotatable bonds is 10. The van der Waals surface area contributed by atoms with Gasteiger partial charge in [-0.05, 0) is 43.2 Å². The molecule has 0 aliphatic carbocycles. The Morgan fingerprint density at radius 2 is 1.76 bits per heavy atom. The highest BCUT2D eigenvalue weighted by Gasteiger charge is 2.12. The van der Waals surface area contributed by atoms with Gasteiger partial charge in [0, 0.05) is 6.61 Å². The van der Waals surface area contributed by atoms with Crippen LogP contribution in [0.5, 0.6) is 5.75 Å². The number of esters is 1. The maximum atomic E-state index is 12.1. The van der Waals surface area contributed by atoms with E-state index in [4.69, 9.17) is 14.2 Å². The van der Waals surface area contributed by atoms with E-state index in [0.29, 0.717) is 25.4 Å². The van der Waals surface area contributed by atoms with Crippen LogP contribution in [0.3, 0.4) is 0 Å². The second kappa shape index (κ2) is 10.5. The van der Waals surface area contributed by atoms with Crippen molar-refractivity contribution in [2.75, 3.05) is 13.2 Å². The van der Waals surface area contributed by atoms with Crippen LogP contribution in [0.4, 0.5) is 0 Å². The predicted molar refractivity (Wildman–Crippen MR) is 97.8 cm³/mol. The standard InChI is InChI=1S/C21H26O4/c1-3-4-14-23-15-17(2)25-21(22)19-10-12-20(13-11-19)24-16-18-8-6-5-7-9-18/h5-13,17H,3-4,14-16H2,1-2H3. The highest BCUT2D eigenvalue weighted by atomic mass is 16.6. The Labute approximate surface area is 149 Å². The Hall–Kier alpha value is -2.33. The van der Waals surface area contributed by atoms with Crippen molar-refractivity contribution in [3.8, 4) is 5.75 Å². The summed E-state index contributed by atoms with van der Waals surface area (Å²) in [5.74, 6) is 0.373. The molecule has 2 aromatic carbocycles. The molecule has 0 heterocycles. The molecule has 0 amide bonds. The molecule has 0 aliphatic rings. The van der Waals surface area contributed by atoms with Crippen LogP contribution in [0.2, 0.25) is 0 Å². The fourth-order valence-electron chi connectivity index (χ4n) is 2.21. The number of benzene rings is 2. The molecule has 2 rings (SSSR count). The van der Waals surface area contributed by atoms with Gasteiger partial charge < -0.3 is 14.2 Å². The molecule has 0 fully saturated rings. The zero-order valence-corrected chi connectivity index (χ0v) is 14.9. The van der Waals surface area contributed by atoms with Crippen molar-refractivity contribution in [1.29, 1.82) is 0 Å². The van der Waals surface area contributed by atoms with E-state index in [9.17, 15) is 4.79 Å². The zero-order valence-electron chi connectivity index (χ0n) is 14.9. The van der Waals surface area contributed by atoms with Crippen LogP contribution in [-0.4, -0.2) is 25.3 Å². The molecule has 25 heavy (non-hydrogen) atoms. The van der Waals surface area contributed by atoms with E-state index in [2.05, 4.69) is 6.92 Å². The Morgan fingerprint density at radius 3 is 2.44 bits per heavy atom. The molecule has 2 aromatic rings. The summed E-state index contributed by atoms with van der Waals surface area (Å²) in [6.45, 7) is 5.56. The maximum absolute atomic E-state index is 12.1. The first-order chi connectivity index (χ1) is 12.2. The molecule has 0 radical (unpaired) electrons. The van der Waals surface area contributed by atoms with Crippen molar-refractivity contribution in [2.24, 2.45) is 0 Å². The minimum atomic E-state index is -0.346. The number of carbonyl (C=O) groups is 1. The minimum absolute atomic E-state index is 0.265. The van der Waals surface area contributed by atoms with Gasteiger partial charge in [0.05, 0.1) is 12.2 Å². The summed E-state index contributed by atoms with van der Waals surface area (Å²) in [7, 11) is 0. The summed E-state index contributed by atoms with van der Waals surface area (Å²) in [5, 5.41) is 0. The second-order valence-corrected chi connectivity index (χ2v) is 5.94. The van der Waals surface area contributed by atoms with Crippen LogP contribution in [0, 0.1) is 0 Å². The van der Waals surface area contributed by atoms with Crippen LogP contribution >= 0.6 is 0 Å². The van der Waals surface area contributed by atoms with Crippen molar-refractivity contribution >= 4 is 5.97 Å². The number of carbonyl (C=O) groups excluding carboxylic acids is 1. The van der Waals surface area contributed by atoms with Crippen molar-refractivity contribution in [3.05, 3.63) is 65.7 Å². The number of ether oxygens (including phenoxy) is 3. The van der Waals surface area contributed by atoms with E-state index in [1.165, 1.54) is 0 Å². The Morgan fingerprint density at radius 1 is 1.04 bits per heavy atom. The van der Waals surface area contributed by atoms with Crippen LogP contribution < -0.4 is 4.74 Å². The van der Waals surface area contributed by atoms with Crippen LogP contribution in [-0.2, 0) is 16.1 Å². The maximum Gasteiger partial charge on any atom is 0.338 e. The number of hydrogen-bond donors (Lipinski definition) is 0. The van der Waals surface area contributed by atoms with Crippen LogP contribution in [0.1, 0.15) is 42.6 Å². The second-order valence-electron chi connectivity index (χ2n) is 5.94. The average molecular weight is 342 g/mol. The van der Waals surface area contributed by atoms with E-state index in [1.54, 1.807) is 24.3 Å². The third kappa shape index (κ3) is 6.98. The first-order valence-electron chi connectivity index (χ1n) is 8.74. The topological polar surface area (TPSA) is 44.8 Å². The molecule has 4 nitrogen and oxygen atoms in total. The lowest BCUT2D eigenvalue weighted by Gasteiger charge is -2.14. The van der Waals surface area contributed by atoms with Gasteiger partial charge in [0.15, 0.2) is 0 Å². The monoisotopic (exact) mass is 342 g/mol. The summed E-state index contributed by atoms with van der Waals surface area (Å²) in [6.07, 6.45) is 1.84. The minimum Gasteiger partial charge on any atom is -0.489 e. The first-order valence-corrected chi connectivity index (χ1v) is 8.74. The summed E-state index contributed by atoms with van der Waals surface area (Å²) in [5.41, 5.74) is 1.61. The Kier molecular flexibility index (Phi) is 7.99. The molecule has 0 bridgehead atoms. The third-order valence-electron chi connectivity index (χ3n) is 3.64. The highest BCUT2D eigenvalue weighted by Crippen LogP contribution is 2.15. The fraction of sp³-hybridized carbons (Fsp3) is 0.381. The van der Waals surface area contributed by atoms with Gasteiger partial charge >= 0.3 is 5.97 Å². The number of hydrogen-bond acceptors (Lipinski definition) is 4. The number of unbranched alkanes of at least 4 members (excludes halogenated alkanes) is 1. The molecule has 1 unspecified atom stereocenters. The van der Waals surface area contributed by atoms with Crippen molar-refractivity contribution in [3.63, 3.8) is 0 Å². The van der Waals surface area contributed by atoms with Gasteiger partial charge in [-0.25, -0.2) is 4.79 Å². The largest absolute Gasteiger partial charge is 0.489 e. The quantitative estimate of drug-likeness (QED) is 0.466. The van der Waals surface area contributed by atoms with E-state index < -0.39 is 0 Å². The molecule has 0 saturated heterocycles. The lowest BCUT2D eigenvalue weighted by Crippen LogP contribution is -2.20. The summed E-state index contributed by atoms with van der Waals surface area (Å²) < 4.78 is 16.6. The fourth-order valence-corrected chi connectivity index (χ4v) is 2.21. The zero-order chi connectivity index (χ0) is 17.9. The molecular formula is C21H26O4. The summed E-state index contributed by atoms with van der Waals surface area (Å²) >= 11 is 0. The molecule has 0 saturated carbocycles. The predicted octanol–water partition coefficient (Wildman–Crippen LogP) is 4.63. The molecule has 0 aromatic heterocycles. The van der Waals surface area contributed by atoms with E-state index in [0.717, 1.165) is 24.2 Å². The normalized spacial score (nSPS) is 11.8. The molecule has 0 aliphatic heterocycles. The average Bonchev–Trinajstić information content (AvgIpc) is 2.65. The van der Waals surface area contributed by atoms with Crippen LogP contribution in [0.15, 0.2) is 54.6 Å². The summed E-state index contributed by atoms with van der Waals surface area (Å²) in [6, 6.07) is 16.9. The van der Waals surface area contributed by atoms with E-state index in [-0.39, 0.29) is 12.1 Å². The smallest absolute Gasteiger partial charge is 0.338 e.